The molecule has 6 nitrogen and oxygen atoms in total. The monoisotopic (exact) mass is 503 g/mol. The number of epoxide rings is 1. The minimum Gasteiger partial charge on any atom is -0.381 e. The maximum atomic E-state index is 5.65. The van der Waals surface area contributed by atoms with E-state index >= 15 is 0 Å². The first-order valence-electron chi connectivity index (χ1n) is 8.28. The van der Waals surface area contributed by atoms with Gasteiger partial charge in [0.2, 0.25) is 0 Å². The zero-order valence-electron chi connectivity index (χ0n) is 18.0. The second kappa shape index (κ2) is 29.3. The van der Waals surface area contributed by atoms with Gasteiger partial charge in [-0.3, -0.25) is 0 Å². The predicted octanol–water partition coefficient (Wildman–Crippen LogP) is 1.91. The first-order chi connectivity index (χ1) is 10.7. The van der Waals surface area contributed by atoms with E-state index in [1.54, 1.807) is 0 Å². The zero-order chi connectivity index (χ0) is 16.7. The molecular formula is C18H47NO5Si2Zr. The fraction of sp³-hybridized carbons (Fsp3) is 0.778. The van der Waals surface area contributed by atoms with E-state index in [9.17, 15) is 0 Å². The second-order valence-corrected chi connectivity index (χ2v) is 7.49. The van der Waals surface area contributed by atoms with Crippen LogP contribution in [0.25, 0.3) is 0 Å². The van der Waals surface area contributed by atoms with Crippen LogP contribution in [0.15, 0.2) is 0 Å². The van der Waals surface area contributed by atoms with E-state index < -0.39 is 8.80 Å². The van der Waals surface area contributed by atoms with E-state index in [4.69, 9.17) is 28.5 Å². The van der Waals surface area contributed by atoms with Gasteiger partial charge in [-0.1, -0.05) is 0 Å². The normalized spacial score (nSPS) is 13.9. The Balaban J connectivity index is -0.0000000746. The Morgan fingerprint density at radius 1 is 1.04 bits per heavy atom. The van der Waals surface area contributed by atoms with Gasteiger partial charge >= 0.3 is 35.0 Å². The summed E-state index contributed by atoms with van der Waals surface area (Å²) in [6.07, 6.45) is 2.15. The Bertz CT molecular complexity index is 237. The molecule has 0 amide bonds. The van der Waals surface area contributed by atoms with Gasteiger partial charge in [0.05, 0.1) is 13.2 Å². The van der Waals surface area contributed by atoms with Crippen LogP contribution in [0.4, 0.5) is 0 Å². The van der Waals surface area contributed by atoms with Crippen molar-refractivity contribution in [1.82, 2.24) is 0 Å². The zero-order valence-corrected chi connectivity index (χ0v) is 21.4. The van der Waals surface area contributed by atoms with Crippen molar-refractivity contribution in [3.8, 4) is 0 Å². The molecule has 2 N–H and O–H groups in total. The summed E-state index contributed by atoms with van der Waals surface area (Å²) in [5.41, 5.74) is 5.48. The molecule has 1 rings (SSSR count). The van der Waals surface area contributed by atoms with E-state index in [0.717, 1.165) is 38.7 Å². The Morgan fingerprint density at radius 3 is 1.78 bits per heavy atom. The molecule has 0 spiro atoms. The predicted molar refractivity (Wildman–Crippen MR) is 120 cm³/mol. The van der Waals surface area contributed by atoms with Crippen LogP contribution in [-0.4, -0.2) is 72.1 Å². The summed E-state index contributed by atoms with van der Waals surface area (Å²) >= 11 is 0. The van der Waals surface area contributed by atoms with Crippen LogP contribution < -0.4 is 5.73 Å². The molecule has 0 aliphatic carbocycles. The summed E-state index contributed by atoms with van der Waals surface area (Å²) in [7, 11) is -2.40. The third-order valence-electron chi connectivity index (χ3n) is 2.77. The van der Waals surface area contributed by atoms with Crippen LogP contribution in [-0.2, 0) is 49.0 Å². The minimum atomic E-state index is -2.40. The fourth-order valence-corrected chi connectivity index (χ4v) is 4.44. The van der Waals surface area contributed by atoms with Crippen molar-refractivity contribution in [1.29, 1.82) is 0 Å². The van der Waals surface area contributed by atoms with Gasteiger partial charge in [-0.05, 0) is 44.7 Å². The Hall–Kier alpha value is 1.08. The summed E-state index contributed by atoms with van der Waals surface area (Å²) in [6.45, 7) is 14.5. The maximum Gasteiger partial charge on any atom is 4.00 e. The summed E-state index contributed by atoms with van der Waals surface area (Å²) in [4.78, 5) is 0. The quantitative estimate of drug-likeness (QED) is 0.179. The van der Waals surface area contributed by atoms with E-state index in [0.29, 0.717) is 32.5 Å². The molecule has 1 aliphatic heterocycles. The van der Waals surface area contributed by atoms with Crippen LogP contribution in [0.5, 0.6) is 0 Å². The van der Waals surface area contributed by atoms with Crippen molar-refractivity contribution in [2.75, 3.05) is 46.2 Å². The van der Waals surface area contributed by atoms with Gasteiger partial charge in [0.15, 0.2) is 0 Å². The Labute approximate surface area is 195 Å². The molecule has 9 heteroatoms. The third-order valence-corrected chi connectivity index (χ3v) is 5.93. The molecule has 1 saturated heterocycles. The van der Waals surface area contributed by atoms with E-state index in [1.165, 1.54) is 0 Å². The molecule has 166 valence electrons. The molecule has 0 saturated carbocycles. The van der Waals surface area contributed by atoms with E-state index in [-0.39, 0.29) is 59.4 Å². The maximum absolute atomic E-state index is 5.65. The minimum absolute atomic E-state index is 0. The average Bonchev–Trinajstić information content (AvgIpc) is 3.31. The van der Waals surface area contributed by atoms with Gasteiger partial charge in [0, 0.05) is 32.5 Å². The van der Waals surface area contributed by atoms with Crippen molar-refractivity contribution in [2.24, 2.45) is 5.73 Å². The summed E-state index contributed by atoms with van der Waals surface area (Å²) in [5, 5.41) is 0. The molecule has 1 aliphatic rings. The van der Waals surface area contributed by atoms with Gasteiger partial charge in [0.1, 0.15) is 6.10 Å². The van der Waals surface area contributed by atoms with Crippen LogP contribution in [0.2, 0.25) is 6.04 Å². The van der Waals surface area contributed by atoms with Crippen LogP contribution in [0, 0.1) is 29.2 Å². The SMILES string of the molecule is CCO[Si](CCCN)(OCC)OCC.[CH2-]CCOCC1CO1.[CH3-].[CH3-].[CH3-].[SiH4].[Zr+4]. The number of nitrogens with two attached hydrogens (primary N) is 1. The number of hydrogen-bond acceptors (Lipinski definition) is 6. The van der Waals surface area contributed by atoms with Crippen molar-refractivity contribution < 1.29 is 49.0 Å². The topological polar surface area (TPSA) is 75.5 Å². The molecule has 0 bridgehead atoms. The second-order valence-electron chi connectivity index (χ2n) is 4.76. The summed E-state index contributed by atoms with van der Waals surface area (Å²) in [5.74, 6) is 0. The van der Waals surface area contributed by atoms with Gasteiger partial charge in [-0.15, -0.1) is 0 Å². The van der Waals surface area contributed by atoms with Crippen LogP contribution in [0.3, 0.4) is 0 Å². The molecular weight excluding hydrogens is 458 g/mol. The molecule has 0 aromatic rings. The summed E-state index contributed by atoms with van der Waals surface area (Å²) in [6, 6.07) is 0.818. The van der Waals surface area contributed by atoms with E-state index in [2.05, 4.69) is 6.92 Å². The van der Waals surface area contributed by atoms with Crippen molar-refractivity contribution in [2.45, 2.75) is 45.8 Å². The molecule has 27 heavy (non-hydrogen) atoms. The molecule has 1 fully saturated rings. The Kier molecular flexibility index (Phi) is 45.8. The smallest absolute Gasteiger partial charge is 0.381 e. The molecule has 1 atom stereocenters. The number of rotatable bonds is 13. The largest absolute Gasteiger partial charge is 4.00 e. The van der Waals surface area contributed by atoms with Crippen molar-refractivity contribution in [3.05, 3.63) is 29.2 Å². The third kappa shape index (κ3) is 25.0. The van der Waals surface area contributed by atoms with E-state index in [1.807, 2.05) is 20.8 Å². The van der Waals surface area contributed by atoms with Gasteiger partial charge in [-0.25, -0.2) is 0 Å². The van der Waals surface area contributed by atoms with Crippen molar-refractivity contribution in [3.63, 3.8) is 0 Å². The fourth-order valence-electron chi connectivity index (χ4n) is 1.80. The molecule has 1 heterocycles. The first-order valence-corrected chi connectivity index (χ1v) is 10.2. The molecule has 0 aromatic carbocycles. The number of hydrogen-bond donors (Lipinski definition) is 1. The van der Waals surface area contributed by atoms with Crippen LogP contribution in [0.1, 0.15) is 33.6 Å². The van der Waals surface area contributed by atoms with Gasteiger partial charge < -0.3 is 57.7 Å². The summed E-state index contributed by atoms with van der Waals surface area (Å²) < 4.78 is 27.0. The Morgan fingerprint density at radius 2 is 1.48 bits per heavy atom. The van der Waals surface area contributed by atoms with Crippen LogP contribution >= 0.6 is 0 Å². The standard InChI is InChI=1S/C9H23NO3Si.C6H11O2.3CH3.H4Si.Zr/c1-4-11-14(12-5-2,13-6-3)9-7-8-10;1-2-3-7-4-6-5-8-6;;;;;/h4-10H2,1-3H3;6H,1-5H2;3*1H3;1H4;/q;4*-1;;+4. The van der Waals surface area contributed by atoms with Gasteiger partial charge in [-0.2, -0.15) is 6.42 Å². The van der Waals surface area contributed by atoms with Gasteiger partial charge in [0.25, 0.3) is 0 Å². The number of ether oxygens (including phenoxy) is 2. The first kappa shape index (κ1) is 42.2. The average molecular weight is 505 g/mol. The molecule has 0 radical (unpaired) electrons. The van der Waals surface area contributed by atoms with Crippen molar-refractivity contribution >= 4 is 19.8 Å². The molecule has 0 aromatic heterocycles. The molecule has 1 unspecified atom stereocenters.